The van der Waals surface area contributed by atoms with Gasteiger partial charge in [0.1, 0.15) is 0 Å². The van der Waals surface area contributed by atoms with Crippen LogP contribution in [0.3, 0.4) is 0 Å². The lowest BCUT2D eigenvalue weighted by molar-refractivity contribution is -0.143. The maximum absolute atomic E-state index is 11.1. The SMILES string of the molecule is CCC(N)(CC(=O)OC)C1CCC1. The van der Waals surface area contributed by atoms with Gasteiger partial charge >= 0.3 is 5.97 Å². The van der Waals surface area contributed by atoms with E-state index in [1.807, 2.05) is 6.92 Å². The number of nitrogens with two attached hydrogens (primary N) is 1. The van der Waals surface area contributed by atoms with Gasteiger partial charge in [0, 0.05) is 5.54 Å². The van der Waals surface area contributed by atoms with Gasteiger partial charge in [0.25, 0.3) is 0 Å². The molecule has 0 heterocycles. The molecule has 0 bridgehead atoms. The number of rotatable bonds is 4. The number of hydrogen-bond donors (Lipinski definition) is 1. The topological polar surface area (TPSA) is 52.3 Å². The quantitative estimate of drug-likeness (QED) is 0.674. The van der Waals surface area contributed by atoms with Crippen molar-refractivity contribution in [3.8, 4) is 0 Å². The Hall–Kier alpha value is -0.570. The molecule has 0 amide bonds. The second-order valence-corrected chi connectivity index (χ2v) is 3.97. The van der Waals surface area contributed by atoms with Crippen LogP contribution in [0.4, 0.5) is 0 Å². The van der Waals surface area contributed by atoms with E-state index in [4.69, 9.17) is 5.73 Å². The summed E-state index contributed by atoms with van der Waals surface area (Å²) in [6.07, 6.45) is 4.81. The minimum atomic E-state index is -0.314. The highest BCUT2D eigenvalue weighted by molar-refractivity contribution is 5.70. The fourth-order valence-corrected chi connectivity index (χ4v) is 1.88. The van der Waals surface area contributed by atoms with Crippen molar-refractivity contribution < 1.29 is 9.53 Å². The van der Waals surface area contributed by atoms with Gasteiger partial charge in [-0.15, -0.1) is 0 Å². The normalized spacial score (nSPS) is 21.8. The lowest BCUT2D eigenvalue weighted by Gasteiger charge is -2.41. The Labute approximate surface area is 79.6 Å². The van der Waals surface area contributed by atoms with Crippen LogP contribution in [-0.4, -0.2) is 18.6 Å². The molecule has 2 N–H and O–H groups in total. The van der Waals surface area contributed by atoms with Crippen LogP contribution in [0.25, 0.3) is 0 Å². The number of ether oxygens (including phenoxy) is 1. The molecule has 0 aliphatic heterocycles. The van der Waals surface area contributed by atoms with E-state index in [2.05, 4.69) is 4.74 Å². The van der Waals surface area contributed by atoms with Crippen molar-refractivity contribution in [2.75, 3.05) is 7.11 Å². The molecule has 1 rings (SSSR count). The first kappa shape index (κ1) is 10.5. The first-order valence-electron chi connectivity index (χ1n) is 4.98. The summed E-state index contributed by atoms with van der Waals surface area (Å²) in [5, 5.41) is 0. The van der Waals surface area contributed by atoms with Gasteiger partial charge in [-0.2, -0.15) is 0 Å². The van der Waals surface area contributed by atoms with E-state index in [9.17, 15) is 4.79 Å². The van der Waals surface area contributed by atoms with Crippen molar-refractivity contribution >= 4 is 5.97 Å². The summed E-state index contributed by atoms with van der Waals surface area (Å²) in [6.45, 7) is 2.04. The van der Waals surface area contributed by atoms with Crippen LogP contribution < -0.4 is 5.73 Å². The highest BCUT2D eigenvalue weighted by Gasteiger charge is 2.38. The molecule has 1 unspecified atom stereocenters. The van der Waals surface area contributed by atoms with Gasteiger partial charge in [-0.1, -0.05) is 13.3 Å². The molecule has 1 saturated carbocycles. The van der Waals surface area contributed by atoms with Crippen LogP contribution in [0.1, 0.15) is 39.0 Å². The summed E-state index contributed by atoms with van der Waals surface area (Å²) in [4.78, 5) is 11.1. The molecule has 1 aliphatic carbocycles. The van der Waals surface area contributed by atoms with Crippen molar-refractivity contribution in [1.29, 1.82) is 0 Å². The maximum atomic E-state index is 11.1. The molecule has 0 saturated heterocycles. The average Bonchev–Trinajstić information content (AvgIpc) is 2.00. The van der Waals surface area contributed by atoms with E-state index in [1.54, 1.807) is 0 Å². The minimum absolute atomic E-state index is 0.184. The number of methoxy groups -OCH3 is 1. The highest BCUT2D eigenvalue weighted by Crippen LogP contribution is 2.38. The fraction of sp³-hybridized carbons (Fsp3) is 0.900. The van der Waals surface area contributed by atoms with Crippen molar-refractivity contribution in [3.05, 3.63) is 0 Å². The highest BCUT2D eigenvalue weighted by atomic mass is 16.5. The van der Waals surface area contributed by atoms with Gasteiger partial charge in [-0.05, 0) is 25.2 Å². The number of carbonyl (C=O) groups is 1. The van der Waals surface area contributed by atoms with E-state index in [1.165, 1.54) is 26.4 Å². The third kappa shape index (κ3) is 2.21. The van der Waals surface area contributed by atoms with Crippen LogP contribution in [0.15, 0.2) is 0 Å². The number of hydrogen-bond acceptors (Lipinski definition) is 3. The van der Waals surface area contributed by atoms with Gasteiger partial charge in [0.15, 0.2) is 0 Å². The molecule has 1 atom stereocenters. The van der Waals surface area contributed by atoms with Gasteiger partial charge in [0.2, 0.25) is 0 Å². The molecular weight excluding hydrogens is 166 g/mol. The van der Waals surface area contributed by atoms with Crippen molar-refractivity contribution in [2.24, 2.45) is 11.7 Å². The Balaban J connectivity index is 2.52. The monoisotopic (exact) mass is 185 g/mol. The molecule has 1 fully saturated rings. The van der Waals surface area contributed by atoms with Crippen molar-refractivity contribution in [1.82, 2.24) is 0 Å². The zero-order chi connectivity index (χ0) is 9.90. The molecule has 3 nitrogen and oxygen atoms in total. The Morgan fingerprint density at radius 2 is 2.23 bits per heavy atom. The largest absolute Gasteiger partial charge is 0.469 e. The molecule has 3 heteroatoms. The second kappa shape index (κ2) is 4.09. The van der Waals surface area contributed by atoms with Gasteiger partial charge in [-0.25, -0.2) is 0 Å². The van der Waals surface area contributed by atoms with Gasteiger partial charge < -0.3 is 10.5 Å². The Kier molecular flexibility index (Phi) is 3.31. The third-order valence-electron chi connectivity index (χ3n) is 3.28. The fourth-order valence-electron chi connectivity index (χ4n) is 1.88. The molecule has 0 spiro atoms. The molecule has 0 aromatic carbocycles. The van der Waals surface area contributed by atoms with E-state index in [0.29, 0.717) is 12.3 Å². The summed E-state index contributed by atoms with van der Waals surface area (Å²) < 4.78 is 4.65. The standard InChI is InChI=1S/C10H19NO2/c1-3-10(11,7-9(12)13-2)8-5-4-6-8/h8H,3-7,11H2,1-2H3. The second-order valence-electron chi connectivity index (χ2n) is 3.97. The van der Waals surface area contributed by atoms with Crippen LogP contribution in [0, 0.1) is 5.92 Å². The molecule has 0 radical (unpaired) electrons. The third-order valence-corrected chi connectivity index (χ3v) is 3.28. The van der Waals surface area contributed by atoms with E-state index < -0.39 is 0 Å². The average molecular weight is 185 g/mol. The van der Waals surface area contributed by atoms with E-state index in [0.717, 1.165) is 6.42 Å². The van der Waals surface area contributed by atoms with Gasteiger partial charge in [-0.3, -0.25) is 4.79 Å². The molecule has 0 aromatic heterocycles. The predicted octanol–water partition coefficient (Wildman–Crippen LogP) is 1.46. The Morgan fingerprint density at radius 3 is 2.54 bits per heavy atom. The smallest absolute Gasteiger partial charge is 0.307 e. The predicted molar refractivity (Wildman–Crippen MR) is 51.2 cm³/mol. The molecule has 0 aromatic rings. The molecule has 1 aliphatic rings. The summed E-state index contributed by atoms with van der Waals surface area (Å²) >= 11 is 0. The maximum Gasteiger partial charge on any atom is 0.307 e. The first-order chi connectivity index (χ1) is 6.12. The Bertz CT molecular complexity index is 189. The van der Waals surface area contributed by atoms with E-state index in [-0.39, 0.29) is 11.5 Å². The van der Waals surface area contributed by atoms with E-state index >= 15 is 0 Å². The molecular formula is C10H19NO2. The zero-order valence-electron chi connectivity index (χ0n) is 8.51. The van der Waals surface area contributed by atoms with Gasteiger partial charge in [0.05, 0.1) is 13.5 Å². The van der Waals surface area contributed by atoms with Crippen LogP contribution in [0.2, 0.25) is 0 Å². The van der Waals surface area contributed by atoms with Crippen LogP contribution in [-0.2, 0) is 9.53 Å². The lowest BCUT2D eigenvalue weighted by Crippen LogP contribution is -2.51. The number of esters is 1. The summed E-state index contributed by atoms with van der Waals surface area (Å²) in [5.74, 6) is 0.341. The molecule has 13 heavy (non-hydrogen) atoms. The lowest BCUT2D eigenvalue weighted by atomic mass is 9.68. The first-order valence-corrected chi connectivity index (χ1v) is 4.98. The molecule has 76 valence electrons. The van der Waals surface area contributed by atoms with Crippen molar-refractivity contribution in [2.45, 2.75) is 44.6 Å². The summed E-state index contributed by atoms with van der Waals surface area (Å²) in [7, 11) is 1.42. The van der Waals surface area contributed by atoms with Crippen LogP contribution >= 0.6 is 0 Å². The Morgan fingerprint density at radius 1 is 1.62 bits per heavy atom. The summed E-state index contributed by atoms with van der Waals surface area (Å²) in [5.41, 5.74) is 5.86. The van der Waals surface area contributed by atoms with Crippen LogP contribution in [0.5, 0.6) is 0 Å². The number of carbonyl (C=O) groups excluding carboxylic acids is 1. The van der Waals surface area contributed by atoms with Crippen molar-refractivity contribution in [3.63, 3.8) is 0 Å². The minimum Gasteiger partial charge on any atom is -0.469 e. The zero-order valence-corrected chi connectivity index (χ0v) is 8.51. The summed E-state index contributed by atoms with van der Waals surface area (Å²) in [6, 6.07) is 0.